The van der Waals surface area contributed by atoms with Gasteiger partial charge >= 0.3 is 6.01 Å². The van der Waals surface area contributed by atoms with Crippen molar-refractivity contribution in [1.82, 2.24) is 10.2 Å². The first-order chi connectivity index (χ1) is 19.4. The quantitative estimate of drug-likeness (QED) is 0.153. The Kier molecular flexibility index (Phi) is 7.18. The van der Waals surface area contributed by atoms with Crippen LogP contribution in [0.15, 0.2) is 108 Å². The predicted octanol–water partition coefficient (Wildman–Crippen LogP) is 5.38. The van der Waals surface area contributed by atoms with Crippen molar-refractivity contribution in [2.75, 3.05) is 10.6 Å². The number of amides is 2. The zero-order valence-corrected chi connectivity index (χ0v) is 20.6. The maximum atomic E-state index is 13.1. The number of hydrogen-bond donors (Lipinski definition) is 2. The van der Waals surface area contributed by atoms with Crippen LogP contribution in [0.3, 0.4) is 0 Å². The highest BCUT2D eigenvalue weighted by molar-refractivity contribution is 6.17. The molecule has 196 valence electrons. The summed E-state index contributed by atoms with van der Waals surface area (Å²) in [6.45, 7) is 0. The Labute approximate surface area is 226 Å². The monoisotopic (exact) mass is 533 g/mol. The van der Waals surface area contributed by atoms with E-state index in [1.165, 1.54) is 36.4 Å². The van der Waals surface area contributed by atoms with E-state index in [2.05, 4.69) is 20.8 Å². The summed E-state index contributed by atoms with van der Waals surface area (Å²) in [5, 5.41) is 23.7. The minimum absolute atomic E-state index is 0.0647. The Morgan fingerprint density at radius 2 is 1.38 bits per heavy atom. The topological polar surface area (TPSA) is 157 Å². The summed E-state index contributed by atoms with van der Waals surface area (Å²) in [6.07, 6.45) is 0. The van der Waals surface area contributed by atoms with Gasteiger partial charge in [-0.15, -0.1) is 5.10 Å². The lowest BCUT2D eigenvalue weighted by Gasteiger charge is -2.10. The Morgan fingerprint density at radius 1 is 0.700 bits per heavy atom. The number of nitro benzene ring substituents is 1. The average molecular weight is 534 g/mol. The molecule has 1 aromatic heterocycles. The summed E-state index contributed by atoms with van der Waals surface area (Å²) in [7, 11) is 0. The Bertz CT molecular complexity index is 1730. The van der Waals surface area contributed by atoms with Crippen LogP contribution in [0.1, 0.15) is 36.6 Å². The molecule has 11 nitrogen and oxygen atoms in total. The van der Waals surface area contributed by atoms with Gasteiger partial charge in [-0.3, -0.25) is 29.8 Å². The molecule has 0 saturated carbocycles. The van der Waals surface area contributed by atoms with Crippen LogP contribution >= 0.6 is 0 Å². The molecule has 5 aromatic rings. The van der Waals surface area contributed by atoms with Crippen LogP contribution < -0.4 is 10.6 Å². The van der Waals surface area contributed by atoms with Crippen molar-refractivity contribution < 1.29 is 23.7 Å². The van der Waals surface area contributed by atoms with E-state index in [-0.39, 0.29) is 40.1 Å². The largest absolute Gasteiger partial charge is 0.403 e. The molecule has 0 saturated heterocycles. The third-order valence-corrected chi connectivity index (χ3v) is 5.81. The van der Waals surface area contributed by atoms with Gasteiger partial charge in [0.05, 0.1) is 10.5 Å². The second kappa shape index (κ2) is 11.2. The molecule has 11 heteroatoms. The number of anilines is 2. The summed E-state index contributed by atoms with van der Waals surface area (Å²) in [5.41, 5.74) is 1.78. The maximum absolute atomic E-state index is 13.1. The van der Waals surface area contributed by atoms with Crippen molar-refractivity contribution >= 4 is 35.0 Å². The number of ketones is 1. The van der Waals surface area contributed by atoms with E-state index in [1.807, 2.05) is 0 Å². The summed E-state index contributed by atoms with van der Waals surface area (Å²) in [6, 6.07) is 26.7. The summed E-state index contributed by atoms with van der Waals surface area (Å²) >= 11 is 0. The third-order valence-electron chi connectivity index (χ3n) is 5.81. The van der Waals surface area contributed by atoms with Crippen LogP contribution in [0.2, 0.25) is 0 Å². The van der Waals surface area contributed by atoms with Gasteiger partial charge in [-0.1, -0.05) is 59.7 Å². The van der Waals surface area contributed by atoms with E-state index in [0.717, 1.165) is 0 Å². The smallest absolute Gasteiger partial charge is 0.322 e. The number of rotatable bonds is 8. The van der Waals surface area contributed by atoms with Crippen LogP contribution in [-0.4, -0.2) is 32.7 Å². The second-order valence-electron chi connectivity index (χ2n) is 8.45. The van der Waals surface area contributed by atoms with Gasteiger partial charge in [-0.25, -0.2) is 0 Å². The number of hydrogen-bond acceptors (Lipinski definition) is 8. The van der Waals surface area contributed by atoms with Crippen LogP contribution in [-0.2, 0) is 0 Å². The van der Waals surface area contributed by atoms with Gasteiger partial charge in [-0.05, 0) is 36.4 Å². The van der Waals surface area contributed by atoms with Crippen LogP contribution in [0.25, 0.3) is 11.5 Å². The van der Waals surface area contributed by atoms with Crippen molar-refractivity contribution in [1.29, 1.82) is 0 Å². The molecule has 40 heavy (non-hydrogen) atoms. The van der Waals surface area contributed by atoms with Gasteiger partial charge < -0.3 is 9.73 Å². The SMILES string of the molecule is O=C(Nc1nnc(-c2ccc([N+](=O)[O-])cc2)o1)c1cccc(NC(=O)c2ccccc2C(=O)c2ccccc2)c1. The molecule has 2 amide bonds. The average Bonchev–Trinajstić information content (AvgIpc) is 3.46. The van der Waals surface area contributed by atoms with Gasteiger partial charge in [0.2, 0.25) is 5.89 Å². The molecule has 0 aliphatic carbocycles. The lowest BCUT2D eigenvalue weighted by atomic mass is 9.98. The molecule has 0 spiro atoms. The molecule has 0 aliphatic rings. The Hall–Kier alpha value is -5.97. The third kappa shape index (κ3) is 5.63. The van der Waals surface area contributed by atoms with Crippen molar-refractivity contribution in [3.05, 3.63) is 135 Å². The normalized spacial score (nSPS) is 10.5. The molecule has 0 fully saturated rings. The van der Waals surface area contributed by atoms with Gasteiger partial charge in [0, 0.05) is 40.1 Å². The molecule has 5 rings (SSSR count). The number of carbonyl (C=O) groups excluding carboxylic acids is 3. The lowest BCUT2D eigenvalue weighted by Crippen LogP contribution is -2.17. The summed E-state index contributed by atoms with van der Waals surface area (Å²) in [5.74, 6) is -1.31. The first kappa shape index (κ1) is 25.7. The van der Waals surface area contributed by atoms with Gasteiger partial charge in [0.25, 0.3) is 17.5 Å². The highest BCUT2D eigenvalue weighted by Gasteiger charge is 2.19. The summed E-state index contributed by atoms with van der Waals surface area (Å²) in [4.78, 5) is 49.2. The lowest BCUT2D eigenvalue weighted by molar-refractivity contribution is -0.384. The Balaban J connectivity index is 1.28. The van der Waals surface area contributed by atoms with E-state index < -0.39 is 16.7 Å². The molecule has 1 heterocycles. The van der Waals surface area contributed by atoms with E-state index in [4.69, 9.17) is 4.42 Å². The molecule has 0 atom stereocenters. The molecule has 2 N–H and O–H groups in total. The number of non-ortho nitro benzene ring substituents is 1. The molecular weight excluding hydrogens is 514 g/mol. The number of nitrogens with one attached hydrogen (secondary N) is 2. The molecule has 0 radical (unpaired) electrons. The van der Waals surface area contributed by atoms with Crippen molar-refractivity contribution in [2.45, 2.75) is 0 Å². The van der Waals surface area contributed by atoms with Crippen LogP contribution in [0.5, 0.6) is 0 Å². The standard InChI is InChI=1S/C29H19N5O6/c35-25(18-7-2-1-3-8-18)23-11-4-5-12-24(23)27(37)30-21-10-6-9-20(17-21)26(36)31-29-33-32-28(40-29)19-13-15-22(16-14-19)34(38)39/h1-17H,(H,30,37)(H,31,33,36). The number of benzene rings is 4. The zero-order valence-electron chi connectivity index (χ0n) is 20.6. The fourth-order valence-electron chi connectivity index (χ4n) is 3.85. The molecular formula is C29H19N5O6. The van der Waals surface area contributed by atoms with Gasteiger partial charge in [0.15, 0.2) is 5.78 Å². The second-order valence-corrected chi connectivity index (χ2v) is 8.45. The highest BCUT2D eigenvalue weighted by atomic mass is 16.6. The Morgan fingerprint density at radius 3 is 2.10 bits per heavy atom. The molecule has 0 aliphatic heterocycles. The van der Waals surface area contributed by atoms with Crippen LogP contribution in [0.4, 0.5) is 17.4 Å². The first-order valence-electron chi connectivity index (χ1n) is 11.9. The first-order valence-corrected chi connectivity index (χ1v) is 11.9. The molecule has 0 unspecified atom stereocenters. The van der Waals surface area contributed by atoms with Gasteiger partial charge in [0.1, 0.15) is 0 Å². The highest BCUT2D eigenvalue weighted by Crippen LogP contribution is 2.23. The van der Waals surface area contributed by atoms with Gasteiger partial charge in [-0.2, -0.15) is 0 Å². The number of nitrogens with zero attached hydrogens (tertiary/aromatic N) is 3. The van der Waals surface area contributed by atoms with Crippen molar-refractivity contribution in [3.8, 4) is 11.5 Å². The number of nitro groups is 1. The number of aromatic nitrogens is 2. The van der Waals surface area contributed by atoms with E-state index in [1.54, 1.807) is 66.7 Å². The zero-order chi connectivity index (χ0) is 28.1. The maximum Gasteiger partial charge on any atom is 0.322 e. The van der Waals surface area contributed by atoms with E-state index in [9.17, 15) is 24.5 Å². The predicted molar refractivity (Wildman–Crippen MR) is 145 cm³/mol. The van der Waals surface area contributed by atoms with E-state index >= 15 is 0 Å². The van der Waals surface area contributed by atoms with Crippen LogP contribution in [0, 0.1) is 10.1 Å². The van der Waals surface area contributed by atoms with E-state index in [0.29, 0.717) is 16.8 Å². The molecule has 4 aromatic carbocycles. The number of carbonyl (C=O) groups is 3. The van der Waals surface area contributed by atoms with Crippen molar-refractivity contribution in [2.24, 2.45) is 0 Å². The fourth-order valence-corrected chi connectivity index (χ4v) is 3.85. The fraction of sp³-hybridized carbons (Fsp3) is 0. The minimum atomic E-state index is -0.574. The summed E-state index contributed by atoms with van der Waals surface area (Å²) < 4.78 is 5.46. The molecule has 0 bridgehead atoms. The minimum Gasteiger partial charge on any atom is -0.403 e. The van der Waals surface area contributed by atoms with Crippen molar-refractivity contribution in [3.63, 3.8) is 0 Å².